The molecule has 0 amide bonds. The average Bonchev–Trinajstić information content (AvgIpc) is 2.40. The Kier molecular flexibility index (Phi) is 2.65. The number of aromatic carboxylic acids is 1. The van der Waals surface area contributed by atoms with Crippen LogP contribution in [0, 0.1) is 0 Å². The van der Waals surface area contributed by atoms with E-state index in [0.717, 1.165) is 0 Å². The molecule has 0 unspecified atom stereocenters. The molecule has 0 spiro atoms. The fraction of sp³-hybridized carbons (Fsp3) is 0.0833. The van der Waals surface area contributed by atoms with E-state index in [1.165, 1.54) is 11.7 Å². The monoisotopic (exact) mass is 290 g/mol. The van der Waals surface area contributed by atoms with Crippen molar-refractivity contribution in [3.05, 3.63) is 39.1 Å². The Morgan fingerprint density at radius 2 is 2.05 bits per heavy atom. The number of nitrogens with zero attached hydrogens (tertiary/aromatic N) is 4. The number of carboxylic acid groups (broad SMARTS) is 1. The van der Waals surface area contributed by atoms with Crippen LogP contribution in [0.2, 0.25) is 5.02 Å². The Morgan fingerprint density at radius 1 is 1.30 bits per heavy atom. The Labute approximate surface area is 116 Å². The molecule has 1 N–H and O–H groups in total. The number of carboxylic acids is 1. The van der Waals surface area contributed by atoms with E-state index >= 15 is 0 Å². The molecule has 100 valence electrons. The molecule has 0 saturated heterocycles. The summed E-state index contributed by atoms with van der Waals surface area (Å²) in [6, 6.07) is 4.88. The van der Waals surface area contributed by atoms with Gasteiger partial charge in [-0.1, -0.05) is 11.6 Å². The first kappa shape index (κ1) is 12.5. The maximum absolute atomic E-state index is 12.1. The number of halogens is 1. The molecular formula is C12H7ClN4O3. The van der Waals surface area contributed by atoms with Crippen LogP contribution in [0.5, 0.6) is 0 Å². The largest absolute Gasteiger partial charge is 0.476 e. The van der Waals surface area contributed by atoms with E-state index < -0.39 is 17.1 Å². The van der Waals surface area contributed by atoms with Crippen molar-refractivity contribution in [2.75, 3.05) is 0 Å². The molecule has 3 rings (SSSR count). The van der Waals surface area contributed by atoms with Gasteiger partial charge in [-0.3, -0.25) is 4.79 Å². The summed E-state index contributed by atoms with van der Waals surface area (Å²) in [6.45, 7) is 0. The third kappa shape index (κ3) is 1.79. The van der Waals surface area contributed by atoms with Gasteiger partial charge in [-0.05, 0) is 18.2 Å². The molecule has 3 aromatic rings. The van der Waals surface area contributed by atoms with E-state index in [2.05, 4.69) is 15.1 Å². The topological polar surface area (TPSA) is 98.0 Å². The maximum atomic E-state index is 12.1. The van der Waals surface area contributed by atoms with Crippen molar-refractivity contribution < 1.29 is 9.90 Å². The number of benzene rings is 1. The second-order valence-electron chi connectivity index (χ2n) is 4.14. The van der Waals surface area contributed by atoms with Crippen molar-refractivity contribution in [2.45, 2.75) is 0 Å². The van der Waals surface area contributed by atoms with Crippen LogP contribution in [-0.4, -0.2) is 30.8 Å². The summed E-state index contributed by atoms with van der Waals surface area (Å²) in [6.07, 6.45) is 0. The minimum Gasteiger partial charge on any atom is -0.476 e. The molecule has 0 atom stereocenters. The normalized spacial score (nSPS) is 11.1. The summed E-state index contributed by atoms with van der Waals surface area (Å²) >= 11 is 5.87. The molecule has 0 bridgehead atoms. The highest BCUT2D eigenvalue weighted by Gasteiger charge is 2.17. The van der Waals surface area contributed by atoms with Crippen LogP contribution in [0.15, 0.2) is 23.0 Å². The quantitative estimate of drug-likeness (QED) is 0.677. The second-order valence-corrected chi connectivity index (χ2v) is 4.57. The van der Waals surface area contributed by atoms with Crippen molar-refractivity contribution in [2.24, 2.45) is 7.05 Å². The van der Waals surface area contributed by atoms with Crippen LogP contribution < -0.4 is 5.43 Å². The van der Waals surface area contributed by atoms with Gasteiger partial charge in [0.2, 0.25) is 11.1 Å². The number of aromatic nitrogens is 4. The van der Waals surface area contributed by atoms with Crippen LogP contribution in [-0.2, 0) is 7.05 Å². The lowest BCUT2D eigenvalue weighted by molar-refractivity contribution is 0.0686. The van der Waals surface area contributed by atoms with E-state index in [1.807, 2.05) is 0 Å². The minimum atomic E-state index is -1.40. The van der Waals surface area contributed by atoms with Crippen molar-refractivity contribution in [1.82, 2.24) is 19.7 Å². The number of hydrogen-bond donors (Lipinski definition) is 1. The SMILES string of the molecule is Cn1nc(C(=O)O)c(=O)c2nc3cc(Cl)ccc3nc21. The van der Waals surface area contributed by atoms with E-state index in [-0.39, 0.29) is 11.2 Å². The number of hydrogen-bond acceptors (Lipinski definition) is 5. The minimum absolute atomic E-state index is 0.0466. The van der Waals surface area contributed by atoms with E-state index in [1.54, 1.807) is 18.2 Å². The zero-order valence-electron chi connectivity index (χ0n) is 10.2. The zero-order valence-corrected chi connectivity index (χ0v) is 10.9. The van der Waals surface area contributed by atoms with Gasteiger partial charge in [0.15, 0.2) is 11.2 Å². The van der Waals surface area contributed by atoms with E-state index in [4.69, 9.17) is 16.7 Å². The van der Waals surface area contributed by atoms with Crippen LogP contribution >= 0.6 is 11.6 Å². The molecule has 0 fully saturated rings. The number of rotatable bonds is 1. The number of fused-ring (bicyclic) bond motifs is 2. The van der Waals surface area contributed by atoms with Gasteiger partial charge in [0.1, 0.15) is 0 Å². The van der Waals surface area contributed by atoms with Gasteiger partial charge in [-0.2, -0.15) is 5.10 Å². The molecule has 0 aliphatic heterocycles. The van der Waals surface area contributed by atoms with Gasteiger partial charge in [0, 0.05) is 12.1 Å². The van der Waals surface area contributed by atoms with Crippen molar-refractivity contribution >= 4 is 39.8 Å². The molecular weight excluding hydrogens is 284 g/mol. The summed E-state index contributed by atoms with van der Waals surface area (Å²) in [5.41, 5.74) is -0.216. The molecule has 2 heterocycles. The molecule has 0 aliphatic carbocycles. The maximum Gasteiger partial charge on any atom is 0.360 e. The first-order valence-electron chi connectivity index (χ1n) is 5.55. The van der Waals surface area contributed by atoms with Gasteiger partial charge in [0.25, 0.3) is 0 Å². The summed E-state index contributed by atoms with van der Waals surface area (Å²) in [4.78, 5) is 31.5. The summed E-state index contributed by atoms with van der Waals surface area (Å²) < 4.78 is 1.22. The van der Waals surface area contributed by atoms with Gasteiger partial charge in [-0.15, -0.1) is 0 Å². The molecule has 8 heteroatoms. The average molecular weight is 291 g/mol. The molecule has 0 radical (unpaired) electrons. The van der Waals surface area contributed by atoms with Gasteiger partial charge in [0.05, 0.1) is 11.0 Å². The Balaban J connectivity index is 2.52. The summed E-state index contributed by atoms with van der Waals surface area (Å²) in [5, 5.41) is 13.1. The lowest BCUT2D eigenvalue weighted by Crippen LogP contribution is -2.23. The van der Waals surface area contributed by atoms with Crippen molar-refractivity contribution in [3.8, 4) is 0 Å². The lowest BCUT2D eigenvalue weighted by Gasteiger charge is -2.05. The Bertz CT molecular complexity index is 935. The first-order valence-corrected chi connectivity index (χ1v) is 5.93. The predicted octanol–water partition coefficient (Wildman–Crippen LogP) is 1.23. The molecule has 0 aliphatic rings. The highest BCUT2D eigenvalue weighted by atomic mass is 35.5. The molecule has 2 aromatic heterocycles. The highest BCUT2D eigenvalue weighted by Crippen LogP contribution is 2.18. The fourth-order valence-corrected chi connectivity index (χ4v) is 2.06. The number of carbonyl (C=O) groups is 1. The molecule has 20 heavy (non-hydrogen) atoms. The fourth-order valence-electron chi connectivity index (χ4n) is 1.89. The second kappa shape index (κ2) is 4.24. The van der Waals surface area contributed by atoms with Gasteiger partial charge >= 0.3 is 5.97 Å². The van der Waals surface area contributed by atoms with Crippen LogP contribution in [0.4, 0.5) is 0 Å². The Morgan fingerprint density at radius 3 is 2.75 bits per heavy atom. The summed E-state index contributed by atoms with van der Waals surface area (Å²) in [5.74, 6) is -1.40. The predicted molar refractivity (Wildman–Crippen MR) is 72.0 cm³/mol. The summed E-state index contributed by atoms with van der Waals surface area (Å²) in [7, 11) is 1.50. The van der Waals surface area contributed by atoms with Crippen LogP contribution in [0.25, 0.3) is 22.2 Å². The highest BCUT2D eigenvalue weighted by molar-refractivity contribution is 6.31. The zero-order chi connectivity index (χ0) is 14.4. The van der Waals surface area contributed by atoms with E-state index in [0.29, 0.717) is 16.1 Å². The number of aryl methyl sites for hydroxylation is 1. The van der Waals surface area contributed by atoms with Crippen molar-refractivity contribution in [3.63, 3.8) is 0 Å². The molecule has 7 nitrogen and oxygen atoms in total. The standard InChI is InChI=1S/C12H7ClN4O3/c1-17-11-8(10(18)9(16-17)12(19)20)14-7-4-5(13)2-3-6(7)15-11/h2-4H,1H3,(H,19,20). The molecule has 0 saturated carbocycles. The van der Waals surface area contributed by atoms with Gasteiger partial charge in [-0.25, -0.2) is 19.4 Å². The van der Waals surface area contributed by atoms with E-state index in [9.17, 15) is 9.59 Å². The van der Waals surface area contributed by atoms with Crippen molar-refractivity contribution in [1.29, 1.82) is 0 Å². The smallest absolute Gasteiger partial charge is 0.360 e. The lowest BCUT2D eigenvalue weighted by atomic mass is 10.2. The van der Waals surface area contributed by atoms with Gasteiger partial charge < -0.3 is 5.11 Å². The van der Waals surface area contributed by atoms with Crippen LogP contribution in [0.1, 0.15) is 10.5 Å². The first-order chi connectivity index (χ1) is 9.47. The van der Waals surface area contributed by atoms with Crippen LogP contribution in [0.3, 0.4) is 0 Å². The third-order valence-corrected chi connectivity index (χ3v) is 3.03. The Hall–Kier alpha value is -2.54. The third-order valence-electron chi connectivity index (χ3n) is 2.80. The molecule has 1 aromatic carbocycles.